The number of nitrogens with zero attached hydrogens (tertiary/aromatic N) is 1. The zero-order valence-electron chi connectivity index (χ0n) is 28.2. The quantitative estimate of drug-likeness (QED) is 0.0768. The van der Waals surface area contributed by atoms with Crippen LogP contribution in [-0.2, 0) is 19.1 Å². The van der Waals surface area contributed by atoms with Crippen molar-refractivity contribution in [3.63, 3.8) is 0 Å². The zero-order chi connectivity index (χ0) is 34.9. The van der Waals surface area contributed by atoms with E-state index >= 15 is 4.39 Å². The number of nitrogens with one attached hydrogen (secondary N) is 2. The normalized spacial score (nSPS) is 17.7. The maximum atomic E-state index is 15.2. The monoisotopic (exact) mass is 756 g/mol. The van der Waals surface area contributed by atoms with Crippen molar-refractivity contribution in [3.05, 3.63) is 90.5 Å². The van der Waals surface area contributed by atoms with Crippen molar-refractivity contribution in [3.8, 4) is 17.2 Å². The van der Waals surface area contributed by atoms with Crippen LogP contribution in [0.1, 0.15) is 32.1 Å². The Hall–Kier alpha value is -4.49. The van der Waals surface area contributed by atoms with Gasteiger partial charge in [0.25, 0.3) is 0 Å². The molecule has 10 nitrogen and oxygen atoms in total. The third kappa shape index (κ3) is 8.42. The predicted molar refractivity (Wildman–Crippen MR) is 197 cm³/mol. The Bertz CT molecular complexity index is 1940. The lowest BCUT2D eigenvalue weighted by molar-refractivity contribution is -0.149. The van der Waals surface area contributed by atoms with Gasteiger partial charge in [0.15, 0.2) is 11.6 Å². The highest BCUT2D eigenvalue weighted by Crippen LogP contribution is 2.54. The van der Waals surface area contributed by atoms with E-state index in [0.29, 0.717) is 36.6 Å². The zero-order valence-corrected chi connectivity index (χ0v) is 29.8. The van der Waals surface area contributed by atoms with Gasteiger partial charge in [-0.2, -0.15) is 0 Å². The average molecular weight is 758 g/mol. The van der Waals surface area contributed by atoms with E-state index in [9.17, 15) is 18.8 Å². The maximum Gasteiger partial charge on any atom is 0.320 e. The molecule has 3 fully saturated rings. The van der Waals surface area contributed by atoms with E-state index in [4.69, 9.17) is 19.9 Å². The Morgan fingerprint density at radius 2 is 1.56 bits per heavy atom. The first-order valence-corrected chi connectivity index (χ1v) is 16.8. The number of anilines is 2. The number of ether oxygens (including phenoxy) is 3. The summed E-state index contributed by atoms with van der Waals surface area (Å²) in [4.78, 5) is 40.0. The van der Waals surface area contributed by atoms with Crippen LogP contribution >= 0.6 is 24.8 Å². The second-order valence-electron chi connectivity index (χ2n) is 13.4. The molecule has 2 saturated carbocycles. The molecule has 4 aromatic rings. The molecule has 3 aliphatic rings. The van der Waals surface area contributed by atoms with Gasteiger partial charge in [-0.05, 0) is 98.2 Å². The molecule has 1 heterocycles. The fraction of sp³-hybridized carbons (Fsp3) is 0.342. The van der Waals surface area contributed by atoms with Crippen LogP contribution in [0.15, 0.2) is 78.9 Å². The van der Waals surface area contributed by atoms with E-state index in [-0.39, 0.29) is 60.3 Å². The molecule has 0 aromatic heterocycles. The summed E-state index contributed by atoms with van der Waals surface area (Å²) in [6.45, 7) is 2.91. The van der Waals surface area contributed by atoms with Gasteiger partial charge in [0.05, 0.1) is 13.2 Å². The van der Waals surface area contributed by atoms with Crippen LogP contribution in [0.2, 0.25) is 0 Å². The van der Waals surface area contributed by atoms with Crippen LogP contribution in [-0.4, -0.2) is 61.6 Å². The van der Waals surface area contributed by atoms with Crippen LogP contribution in [0, 0.1) is 22.5 Å². The maximum absolute atomic E-state index is 15.2. The molecule has 2 amide bonds. The van der Waals surface area contributed by atoms with E-state index in [2.05, 4.69) is 15.5 Å². The second-order valence-corrected chi connectivity index (χ2v) is 13.4. The number of benzene rings is 4. The summed E-state index contributed by atoms with van der Waals surface area (Å²) in [5, 5.41) is 6.93. The van der Waals surface area contributed by atoms with Crippen molar-refractivity contribution in [2.45, 2.75) is 38.2 Å². The highest BCUT2D eigenvalue weighted by Gasteiger charge is 2.57. The molecule has 2 aliphatic carbocycles. The molecule has 14 heteroatoms. The summed E-state index contributed by atoms with van der Waals surface area (Å²) >= 11 is 0. The summed E-state index contributed by atoms with van der Waals surface area (Å²) < 4.78 is 46.1. The number of hydrogen-bond acceptors (Lipinski definition) is 8. The number of rotatable bonds is 13. The lowest BCUT2D eigenvalue weighted by Crippen LogP contribution is -2.35. The molecular weight excluding hydrogens is 717 g/mol. The van der Waals surface area contributed by atoms with Crippen molar-refractivity contribution in [2.24, 2.45) is 16.6 Å². The number of hydrogen-bond donors (Lipinski definition) is 3. The minimum Gasteiger partial charge on any atom is -0.494 e. The Morgan fingerprint density at radius 3 is 2.23 bits per heavy atom. The highest BCUT2D eigenvalue weighted by atomic mass is 35.5. The van der Waals surface area contributed by atoms with E-state index < -0.39 is 28.9 Å². The first kappa shape index (κ1) is 38.7. The highest BCUT2D eigenvalue weighted by molar-refractivity contribution is 6.16. The van der Waals surface area contributed by atoms with Gasteiger partial charge in [0.2, 0.25) is 11.8 Å². The molecule has 52 heavy (non-hydrogen) atoms. The Morgan fingerprint density at radius 1 is 0.846 bits per heavy atom. The van der Waals surface area contributed by atoms with E-state index in [1.807, 2.05) is 30.3 Å². The number of amides is 2. The smallest absolute Gasteiger partial charge is 0.320 e. The minimum absolute atomic E-state index is 0. The van der Waals surface area contributed by atoms with Gasteiger partial charge in [-0.25, -0.2) is 8.78 Å². The van der Waals surface area contributed by atoms with E-state index in [1.165, 1.54) is 36.4 Å². The molecule has 276 valence electrons. The number of likely N-dealkylation sites (tertiary alicyclic amines) is 1. The molecule has 1 aliphatic heterocycles. The summed E-state index contributed by atoms with van der Waals surface area (Å²) in [5.41, 5.74) is 4.82. The van der Waals surface area contributed by atoms with E-state index in [0.717, 1.165) is 55.7 Å². The molecule has 1 saturated heterocycles. The fourth-order valence-corrected chi connectivity index (χ4v) is 6.61. The number of esters is 1. The molecule has 1 spiro atoms. The van der Waals surface area contributed by atoms with Crippen LogP contribution in [0.5, 0.6) is 17.2 Å². The van der Waals surface area contributed by atoms with Gasteiger partial charge < -0.3 is 30.6 Å². The van der Waals surface area contributed by atoms with Gasteiger partial charge >= 0.3 is 5.97 Å². The van der Waals surface area contributed by atoms with Crippen molar-refractivity contribution in [2.75, 3.05) is 43.4 Å². The predicted octanol–water partition coefficient (Wildman–Crippen LogP) is 6.85. The molecule has 1 atom stereocenters. The van der Waals surface area contributed by atoms with E-state index in [1.54, 1.807) is 6.07 Å². The minimum atomic E-state index is -1.27. The number of carbonyl (C=O) groups excluding carboxylic acids is 3. The Labute approximate surface area is 312 Å². The van der Waals surface area contributed by atoms with Gasteiger partial charge in [0.1, 0.15) is 28.8 Å². The van der Waals surface area contributed by atoms with Crippen LogP contribution in [0.25, 0.3) is 10.8 Å². The van der Waals surface area contributed by atoms with Crippen LogP contribution in [0.3, 0.4) is 0 Å². The molecule has 0 radical (unpaired) electrons. The topological polar surface area (TPSA) is 132 Å². The molecule has 4 aromatic carbocycles. The molecule has 0 bridgehead atoms. The first-order chi connectivity index (χ1) is 24.2. The van der Waals surface area contributed by atoms with Crippen molar-refractivity contribution in [1.29, 1.82) is 0 Å². The Kier molecular flexibility index (Phi) is 11.9. The lowest BCUT2D eigenvalue weighted by Gasteiger charge is -2.17. The third-order valence-corrected chi connectivity index (χ3v) is 9.81. The molecule has 4 N–H and O–H groups in total. The molecular formula is C38H40Cl2F2N4O6. The largest absolute Gasteiger partial charge is 0.494 e. The van der Waals surface area contributed by atoms with Gasteiger partial charge in [0, 0.05) is 47.9 Å². The number of nitrogens with two attached hydrogens (primary N) is 1. The van der Waals surface area contributed by atoms with Crippen LogP contribution < -0.4 is 25.8 Å². The van der Waals surface area contributed by atoms with Crippen molar-refractivity contribution < 1.29 is 37.4 Å². The summed E-state index contributed by atoms with van der Waals surface area (Å²) in [6, 6.07) is 20.5. The number of carbonyl (C=O) groups is 3. The molecule has 7 rings (SSSR count). The fourth-order valence-electron chi connectivity index (χ4n) is 6.61. The van der Waals surface area contributed by atoms with Gasteiger partial charge in [-0.1, -0.05) is 12.1 Å². The lowest BCUT2D eigenvalue weighted by atomic mass is 10.0. The summed E-state index contributed by atoms with van der Waals surface area (Å²) in [7, 11) is 0. The number of fused-ring (bicyclic) bond motifs is 1. The molecule has 1 unspecified atom stereocenters. The first-order valence-electron chi connectivity index (χ1n) is 16.8. The summed E-state index contributed by atoms with van der Waals surface area (Å²) in [6.07, 6.45) is 3.57. The van der Waals surface area contributed by atoms with Crippen molar-refractivity contribution in [1.82, 2.24) is 4.90 Å². The SMILES string of the molecule is Cl.Cl.NCC(=O)OC1CN(CCCOc2ccc3c(Oc4ccc(NC(=O)C5(C(=O)Nc6ccc(F)cc6)CC5)cc4F)cccc3c2)CC12CC2. The summed E-state index contributed by atoms with van der Waals surface area (Å²) in [5.74, 6) is -1.38. The van der Waals surface area contributed by atoms with Gasteiger partial charge in [-0.3, -0.25) is 19.3 Å². The second kappa shape index (κ2) is 16.0. The average Bonchev–Trinajstić information content (AvgIpc) is 4.04. The third-order valence-electron chi connectivity index (χ3n) is 9.81. The van der Waals surface area contributed by atoms with Gasteiger partial charge in [-0.15, -0.1) is 24.8 Å². The number of halogens is 4. The standard InChI is InChI=1S/C38H38F2N4O6.2ClH/c39-25-5-7-26(8-6-25)42-35(46)38(15-16-38)36(47)43-27-9-12-32(30(40)20-27)49-31-4-1-3-24-19-28(10-11-29(24)31)48-18-2-17-44-22-33(50-34(45)21-41)37(23-44)13-14-37;;/h1,3-12,19-20,33H,2,13-18,21-23,41H2,(H,42,46)(H,43,47);2*1H. The van der Waals surface area contributed by atoms with Crippen molar-refractivity contribution >= 4 is 64.7 Å². The Balaban J connectivity index is 0.00000261. The van der Waals surface area contributed by atoms with Crippen LogP contribution in [0.4, 0.5) is 20.2 Å².